The van der Waals surface area contributed by atoms with Crippen LogP contribution in [0.2, 0.25) is 0 Å². The van der Waals surface area contributed by atoms with Gasteiger partial charge in [-0.05, 0) is 31.1 Å². The number of nitrogens with two attached hydrogens (primary N) is 1. The second-order valence-electron chi connectivity index (χ2n) is 6.81. The molecule has 0 atom stereocenters. The van der Waals surface area contributed by atoms with Gasteiger partial charge in [-0.2, -0.15) is 0 Å². The standard InChI is InChI=1S/C21H25N5O3/c1-3-8-26(9-4-2)20(28)16-11-14-5-6-15(12-17(14)24-18(22)13-16)19(27)25-21-23-7-10-29-21/h5-7,10-12H,3-4,8-9,13H2,1-2H3,(H2,22,24)(H,23,25,27). The first-order valence-corrected chi connectivity index (χ1v) is 9.69. The van der Waals surface area contributed by atoms with Crippen LogP contribution < -0.4 is 11.1 Å². The summed E-state index contributed by atoms with van der Waals surface area (Å²) in [5.74, 6) is -0.0578. The van der Waals surface area contributed by atoms with Gasteiger partial charge in [-0.15, -0.1) is 0 Å². The molecule has 29 heavy (non-hydrogen) atoms. The normalized spacial score (nSPS) is 13.0. The van der Waals surface area contributed by atoms with Crippen molar-refractivity contribution in [2.75, 3.05) is 18.4 Å². The first-order valence-electron chi connectivity index (χ1n) is 9.69. The number of carbonyl (C=O) groups is 2. The fourth-order valence-electron chi connectivity index (χ4n) is 3.18. The predicted octanol–water partition coefficient (Wildman–Crippen LogP) is 3.35. The molecule has 0 bridgehead atoms. The number of anilines is 1. The molecule has 0 saturated carbocycles. The van der Waals surface area contributed by atoms with Crippen molar-refractivity contribution in [3.8, 4) is 0 Å². The molecular formula is C21H25N5O3. The number of nitrogens with one attached hydrogen (secondary N) is 1. The van der Waals surface area contributed by atoms with E-state index in [1.54, 1.807) is 18.2 Å². The summed E-state index contributed by atoms with van der Waals surface area (Å²) in [6.45, 7) is 5.50. The second-order valence-corrected chi connectivity index (χ2v) is 6.81. The van der Waals surface area contributed by atoms with Crippen molar-refractivity contribution in [1.29, 1.82) is 0 Å². The molecule has 152 valence electrons. The Labute approximate surface area is 169 Å². The summed E-state index contributed by atoms with van der Waals surface area (Å²) >= 11 is 0. The van der Waals surface area contributed by atoms with E-state index in [2.05, 4.69) is 15.3 Å². The van der Waals surface area contributed by atoms with E-state index in [1.165, 1.54) is 12.5 Å². The number of hydrogen-bond acceptors (Lipinski definition) is 6. The molecule has 1 aliphatic heterocycles. The lowest BCUT2D eigenvalue weighted by molar-refractivity contribution is -0.127. The average molecular weight is 395 g/mol. The van der Waals surface area contributed by atoms with Crippen LogP contribution in [0.4, 0.5) is 11.7 Å². The highest BCUT2D eigenvalue weighted by atomic mass is 16.4. The molecule has 0 fully saturated rings. The van der Waals surface area contributed by atoms with Crippen molar-refractivity contribution in [2.24, 2.45) is 10.7 Å². The predicted molar refractivity (Wildman–Crippen MR) is 112 cm³/mol. The summed E-state index contributed by atoms with van der Waals surface area (Å²) in [4.78, 5) is 35.5. The molecule has 0 saturated heterocycles. The third-order valence-corrected chi connectivity index (χ3v) is 4.46. The number of fused-ring (bicyclic) bond motifs is 1. The van der Waals surface area contributed by atoms with Crippen LogP contribution in [0, 0.1) is 0 Å². The second kappa shape index (κ2) is 9.18. The van der Waals surface area contributed by atoms with Crippen LogP contribution in [0.25, 0.3) is 6.08 Å². The third-order valence-electron chi connectivity index (χ3n) is 4.46. The SMILES string of the molecule is CCCN(CCC)C(=O)C1=Cc2ccc(C(=O)Nc3ncco3)cc2N=C(N)C1. The fourth-order valence-corrected chi connectivity index (χ4v) is 3.18. The number of rotatable bonds is 7. The lowest BCUT2D eigenvalue weighted by Gasteiger charge is -2.22. The van der Waals surface area contributed by atoms with Gasteiger partial charge in [0.15, 0.2) is 0 Å². The van der Waals surface area contributed by atoms with Crippen LogP contribution in [0.5, 0.6) is 0 Å². The largest absolute Gasteiger partial charge is 0.432 e. The highest BCUT2D eigenvalue weighted by Gasteiger charge is 2.21. The number of oxazole rings is 1. The highest BCUT2D eigenvalue weighted by molar-refractivity contribution is 6.07. The zero-order chi connectivity index (χ0) is 20.8. The van der Waals surface area contributed by atoms with E-state index in [9.17, 15) is 9.59 Å². The molecule has 1 aromatic carbocycles. The molecule has 2 heterocycles. The Kier molecular flexibility index (Phi) is 6.43. The zero-order valence-electron chi connectivity index (χ0n) is 16.6. The molecule has 8 heteroatoms. The molecule has 0 radical (unpaired) electrons. The van der Waals surface area contributed by atoms with Gasteiger partial charge in [0.1, 0.15) is 12.1 Å². The number of nitrogens with zero attached hydrogens (tertiary/aromatic N) is 3. The van der Waals surface area contributed by atoms with Crippen molar-refractivity contribution in [3.05, 3.63) is 47.4 Å². The number of hydrogen-bond donors (Lipinski definition) is 2. The van der Waals surface area contributed by atoms with Crippen LogP contribution in [0.15, 0.2) is 45.6 Å². The Morgan fingerprint density at radius 1 is 1.24 bits per heavy atom. The van der Waals surface area contributed by atoms with E-state index in [4.69, 9.17) is 10.2 Å². The van der Waals surface area contributed by atoms with E-state index in [1.807, 2.05) is 24.8 Å². The van der Waals surface area contributed by atoms with Gasteiger partial charge in [-0.3, -0.25) is 14.9 Å². The Balaban J connectivity index is 1.88. The fraction of sp³-hybridized carbons (Fsp3) is 0.333. The van der Waals surface area contributed by atoms with Crippen LogP contribution >= 0.6 is 0 Å². The first kappa shape index (κ1) is 20.3. The molecule has 0 unspecified atom stereocenters. The number of benzene rings is 1. The van der Waals surface area contributed by atoms with Gasteiger partial charge in [-0.25, -0.2) is 9.98 Å². The van der Waals surface area contributed by atoms with Crippen LogP contribution in [-0.2, 0) is 4.79 Å². The minimum Gasteiger partial charge on any atom is -0.432 e. The van der Waals surface area contributed by atoms with Gasteiger partial charge in [0, 0.05) is 36.2 Å². The van der Waals surface area contributed by atoms with Gasteiger partial charge < -0.3 is 15.1 Å². The van der Waals surface area contributed by atoms with Crippen molar-refractivity contribution in [2.45, 2.75) is 33.1 Å². The minimum atomic E-state index is -0.370. The number of amidine groups is 1. The zero-order valence-corrected chi connectivity index (χ0v) is 16.6. The number of amides is 2. The quantitative estimate of drug-likeness (QED) is 0.746. The van der Waals surface area contributed by atoms with Crippen molar-refractivity contribution >= 4 is 35.4 Å². The lowest BCUT2D eigenvalue weighted by Crippen LogP contribution is -2.34. The van der Waals surface area contributed by atoms with E-state index in [0.29, 0.717) is 35.7 Å². The maximum atomic E-state index is 13.0. The minimum absolute atomic E-state index is 0.0228. The Hall–Kier alpha value is -3.42. The average Bonchev–Trinajstić information content (AvgIpc) is 3.14. The summed E-state index contributed by atoms with van der Waals surface area (Å²) in [5, 5.41) is 2.57. The lowest BCUT2D eigenvalue weighted by atomic mass is 10.0. The van der Waals surface area contributed by atoms with Crippen LogP contribution in [-0.4, -0.2) is 40.6 Å². The summed E-state index contributed by atoms with van der Waals surface area (Å²) in [5.41, 5.74) is 8.35. The molecule has 3 rings (SSSR count). The summed E-state index contributed by atoms with van der Waals surface area (Å²) < 4.78 is 5.04. The molecule has 2 aromatic rings. The maximum Gasteiger partial charge on any atom is 0.301 e. The molecule has 3 N–H and O–H groups in total. The number of aromatic nitrogens is 1. The van der Waals surface area contributed by atoms with Crippen molar-refractivity contribution in [1.82, 2.24) is 9.88 Å². The number of aliphatic imine (C=N–C) groups is 1. The van der Waals surface area contributed by atoms with E-state index in [-0.39, 0.29) is 24.2 Å². The number of carbonyl (C=O) groups excluding carboxylic acids is 2. The van der Waals surface area contributed by atoms with Gasteiger partial charge in [0.2, 0.25) is 5.91 Å². The van der Waals surface area contributed by atoms with E-state index >= 15 is 0 Å². The monoisotopic (exact) mass is 395 g/mol. The van der Waals surface area contributed by atoms with E-state index in [0.717, 1.165) is 18.4 Å². The summed E-state index contributed by atoms with van der Waals surface area (Å²) in [7, 11) is 0. The molecule has 0 spiro atoms. The first-order chi connectivity index (χ1) is 14.0. The van der Waals surface area contributed by atoms with Gasteiger partial charge in [0.05, 0.1) is 11.9 Å². The maximum absolute atomic E-state index is 13.0. The highest BCUT2D eigenvalue weighted by Crippen LogP contribution is 2.28. The van der Waals surface area contributed by atoms with Gasteiger partial charge in [-0.1, -0.05) is 19.9 Å². The third kappa shape index (κ3) is 4.90. The van der Waals surface area contributed by atoms with Gasteiger partial charge in [0.25, 0.3) is 5.91 Å². The van der Waals surface area contributed by atoms with Gasteiger partial charge >= 0.3 is 6.01 Å². The Bertz CT molecular complexity index is 941. The summed E-state index contributed by atoms with van der Waals surface area (Å²) in [6.07, 6.45) is 6.69. The Morgan fingerprint density at radius 3 is 2.66 bits per heavy atom. The molecule has 8 nitrogen and oxygen atoms in total. The molecule has 1 aliphatic rings. The summed E-state index contributed by atoms with van der Waals surface area (Å²) in [6, 6.07) is 5.19. The topological polar surface area (TPSA) is 114 Å². The molecule has 0 aliphatic carbocycles. The van der Waals surface area contributed by atoms with Crippen LogP contribution in [0.1, 0.15) is 49.0 Å². The smallest absolute Gasteiger partial charge is 0.301 e. The Morgan fingerprint density at radius 2 is 2.00 bits per heavy atom. The van der Waals surface area contributed by atoms with Crippen LogP contribution in [0.3, 0.4) is 0 Å². The molecular weight excluding hydrogens is 370 g/mol. The van der Waals surface area contributed by atoms with Crippen molar-refractivity contribution < 1.29 is 14.0 Å². The molecule has 2 amide bonds. The van der Waals surface area contributed by atoms with E-state index < -0.39 is 0 Å². The molecule has 1 aromatic heterocycles. The van der Waals surface area contributed by atoms with Crippen molar-refractivity contribution in [3.63, 3.8) is 0 Å².